The summed E-state index contributed by atoms with van der Waals surface area (Å²) in [4.78, 5) is 11.4. The number of hydrogen-bond acceptors (Lipinski definition) is 2. The SMILES string of the molecule is NCCC(=O)c1cc(C(F)(F)F)ccc1Cl. The van der Waals surface area contributed by atoms with Crippen molar-refractivity contribution >= 4 is 17.4 Å². The van der Waals surface area contributed by atoms with Crippen LogP contribution >= 0.6 is 11.6 Å². The number of benzene rings is 1. The normalized spacial score (nSPS) is 11.6. The molecule has 0 fully saturated rings. The number of halogens is 4. The van der Waals surface area contributed by atoms with Gasteiger partial charge in [0.15, 0.2) is 5.78 Å². The highest BCUT2D eigenvalue weighted by molar-refractivity contribution is 6.34. The molecule has 0 saturated heterocycles. The molecular formula is C10H9ClF3NO. The average Bonchev–Trinajstić information content (AvgIpc) is 2.16. The summed E-state index contributed by atoms with van der Waals surface area (Å²) in [5.74, 6) is -0.487. The van der Waals surface area contributed by atoms with Crippen LogP contribution < -0.4 is 5.73 Å². The highest BCUT2D eigenvalue weighted by Gasteiger charge is 2.31. The third-order valence-electron chi connectivity index (χ3n) is 1.97. The lowest BCUT2D eigenvalue weighted by Crippen LogP contribution is -2.11. The van der Waals surface area contributed by atoms with Gasteiger partial charge in [0.25, 0.3) is 0 Å². The van der Waals surface area contributed by atoms with E-state index in [-0.39, 0.29) is 23.6 Å². The first-order chi connectivity index (χ1) is 7.36. The highest BCUT2D eigenvalue weighted by atomic mass is 35.5. The van der Waals surface area contributed by atoms with Crippen molar-refractivity contribution in [2.24, 2.45) is 5.73 Å². The fraction of sp³-hybridized carbons (Fsp3) is 0.300. The molecule has 0 aromatic heterocycles. The van der Waals surface area contributed by atoms with E-state index in [9.17, 15) is 18.0 Å². The number of alkyl halides is 3. The molecule has 0 aliphatic carbocycles. The van der Waals surface area contributed by atoms with Crippen LogP contribution in [0.4, 0.5) is 13.2 Å². The summed E-state index contributed by atoms with van der Waals surface area (Å²) in [7, 11) is 0. The van der Waals surface area contributed by atoms with Crippen molar-refractivity contribution in [3.05, 3.63) is 34.3 Å². The van der Waals surface area contributed by atoms with Gasteiger partial charge in [-0.05, 0) is 24.7 Å². The van der Waals surface area contributed by atoms with E-state index in [1.54, 1.807) is 0 Å². The van der Waals surface area contributed by atoms with Gasteiger partial charge in [-0.1, -0.05) is 11.6 Å². The molecule has 0 spiro atoms. The molecule has 6 heteroatoms. The third kappa shape index (κ3) is 2.96. The molecule has 2 nitrogen and oxygen atoms in total. The lowest BCUT2D eigenvalue weighted by Gasteiger charge is -2.09. The highest BCUT2D eigenvalue weighted by Crippen LogP contribution is 2.32. The summed E-state index contributed by atoms with van der Waals surface area (Å²) in [5.41, 5.74) is 4.13. The Morgan fingerprint density at radius 3 is 2.50 bits per heavy atom. The first-order valence-electron chi connectivity index (χ1n) is 4.46. The van der Waals surface area contributed by atoms with E-state index in [4.69, 9.17) is 17.3 Å². The summed E-state index contributed by atoms with van der Waals surface area (Å²) in [6.45, 7) is 0.0748. The van der Waals surface area contributed by atoms with Gasteiger partial charge in [0.05, 0.1) is 10.6 Å². The maximum absolute atomic E-state index is 12.4. The Labute approximate surface area is 95.2 Å². The van der Waals surface area contributed by atoms with Crippen LogP contribution in [0.3, 0.4) is 0 Å². The number of nitrogens with two attached hydrogens (primary N) is 1. The van der Waals surface area contributed by atoms with Crippen molar-refractivity contribution in [1.82, 2.24) is 0 Å². The molecule has 0 heterocycles. The van der Waals surface area contributed by atoms with E-state index in [1.807, 2.05) is 0 Å². The van der Waals surface area contributed by atoms with Crippen LogP contribution in [0.1, 0.15) is 22.3 Å². The van der Waals surface area contributed by atoms with Crippen LogP contribution in [0.2, 0.25) is 5.02 Å². The van der Waals surface area contributed by atoms with Crippen LogP contribution in [0, 0.1) is 0 Å². The van der Waals surface area contributed by atoms with Gasteiger partial charge in [0, 0.05) is 12.0 Å². The van der Waals surface area contributed by atoms with Gasteiger partial charge in [-0.15, -0.1) is 0 Å². The molecule has 0 radical (unpaired) electrons. The smallest absolute Gasteiger partial charge is 0.330 e. The van der Waals surface area contributed by atoms with Crippen LogP contribution in [-0.4, -0.2) is 12.3 Å². The minimum atomic E-state index is -4.48. The number of rotatable bonds is 3. The van der Waals surface area contributed by atoms with E-state index < -0.39 is 17.5 Å². The second kappa shape index (κ2) is 4.84. The van der Waals surface area contributed by atoms with Gasteiger partial charge in [-0.25, -0.2) is 0 Å². The number of carbonyl (C=O) groups is 1. The maximum atomic E-state index is 12.4. The zero-order valence-corrected chi connectivity index (χ0v) is 8.90. The van der Waals surface area contributed by atoms with Gasteiger partial charge in [0.2, 0.25) is 0 Å². The van der Waals surface area contributed by atoms with Crippen molar-refractivity contribution in [1.29, 1.82) is 0 Å². The Hall–Kier alpha value is -1.07. The predicted molar refractivity (Wildman–Crippen MR) is 54.5 cm³/mol. The molecule has 0 saturated carbocycles. The van der Waals surface area contributed by atoms with Crippen LogP contribution in [-0.2, 0) is 6.18 Å². The van der Waals surface area contributed by atoms with E-state index in [0.29, 0.717) is 0 Å². The topological polar surface area (TPSA) is 43.1 Å². The van der Waals surface area contributed by atoms with Crippen molar-refractivity contribution in [3.63, 3.8) is 0 Å². The van der Waals surface area contributed by atoms with Crippen LogP contribution in [0.15, 0.2) is 18.2 Å². The van der Waals surface area contributed by atoms with E-state index in [0.717, 1.165) is 18.2 Å². The standard InChI is InChI=1S/C10H9ClF3NO/c11-8-2-1-6(10(12,13)14)5-7(8)9(16)3-4-15/h1-2,5H,3-4,15H2. The quantitative estimate of drug-likeness (QED) is 0.840. The third-order valence-corrected chi connectivity index (χ3v) is 2.30. The second-order valence-electron chi connectivity index (χ2n) is 3.15. The summed E-state index contributed by atoms with van der Waals surface area (Å²) < 4.78 is 37.1. The van der Waals surface area contributed by atoms with Gasteiger partial charge in [-0.3, -0.25) is 4.79 Å². The Morgan fingerprint density at radius 2 is 2.00 bits per heavy atom. The maximum Gasteiger partial charge on any atom is 0.416 e. The molecule has 0 amide bonds. The molecule has 2 N–H and O–H groups in total. The van der Waals surface area contributed by atoms with Crippen molar-refractivity contribution < 1.29 is 18.0 Å². The second-order valence-corrected chi connectivity index (χ2v) is 3.56. The molecule has 88 valence electrons. The summed E-state index contributed by atoms with van der Waals surface area (Å²) in [6.07, 6.45) is -4.51. The molecule has 1 rings (SSSR count). The van der Waals surface area contributed by atoms with Gasteiger partial charge in [0.1, 0.15) is 0 Å². The van der Waals surface area contributed by atoms with Gasteiger partial charge < -0.3 is 5.73 Å². The van der Waals surface area contributed by atoms with Gasteiger partial charge >= 0.3 is 6.18 Å². The molecule has 1 aromatic carbocycles. The first kappa shape index (κ1) is 13.0. The lowest BCUT2D eigenvalue weighted by molar-refractivity contribution is -0.137. The number of hydrogen-bond donors (Lipinski definition) is 1. The molecule has 0 aliphatic rings. The average molecular weight is 252 g/mol. The number of Topliss-reactive ketones (excluding diaryl/α,β-unsaturated/α-hetero) is 1. The Balaban J connectivity index is 3.14. The van der Waals surface area contributed by atoms with E-state index in [2.05, 4.69) is 0 Å². The summed E-state index contributed by atoms with van der Waals surface area (Å²) >= 11 is 5.65. The number of ketones is 1. The molecule has 0 unspecified atom stereocenters. The van der Waals surface area contributed by atoms with Crippen LogP contribution in [0.5, 0.6) is 0 Å². The molecule has 1 aromatic rings. The van der Waals surface area contributed by atoms with E-state index in [1.165, 1.54) is 0 Å². The Kier molecular flexibility index (Phi) is 3.93. The minimum Gasteiger partial charge on any atom is -0.330 e. The van der Waals surface area contributed by atoms with Crippen molar-refractivity contribution in [3.8, 4) is 0 Å². The first-order valence-corrected chi connectivity index (χ1v) is 4.84. The molecule has 0 bridgehead atoms. The molecule has 0 aliphatic heterocycles. The van der Waals surface area contributed by atoms with E-state index >= 15 is 0 Å². The number of carbonyl (C=O) groups excluding carboxylic acids is 1. The predicted octanol–water partition coefficient (Wildman–Crippen LogP) is 2.89. The fourth-order valence-electron chi connectivity index (χ4n) is 1.18. The lowest BCUT2D eigenvalue weighted by atomic mass is 10.0. The summed E-state index contributed by atoms with van der Waals surface area (Å²) in [5, 5.41) is 0.00597. The zero-order chi connectivity index (χ0) is 12.3. The van der Waals surface area contributed by atoms with Gasteiger partial charge in [-0.2, -0.15) is 13.2 Å². The molecular weight excluding hydrogens is 243 g/mol. The molecule has 16 heavy (non-hydrogen) atoms. The largest absolute Gasteiger partial charge is 0.416 e. The minimum absolute atomic E-state index is 0.00597. The monoisotopic (exact) mass is 251 g/mol. The summed E-state index contributed by atoms with van der Waals surface area (Å²) in [6, 6.07) is 2.65. The Bertz CT molecular complexity index is 404. The van der Waals surface area contributed by atoms with Crippen molar-refractivity contribution in [2.75, 3.05) is 6.54 Å². The molecule has 0 atom stereocenters. The fourth-order valence-corrected chi connectivity index (χ4v) is 1.40. The van der Waals surface area contributed by atoms with Crippen molar-refractivity contribution in [2.45, 2.75) is 12.6 Å². The van der Waals surface area contributed by atoms with Crippen LogP contribution in [0.25, 0.3) is 0 Å². The Morgan fingerprint density at radius 1 is 1.38 bits per heavy atom. The zero-order valence-electron chi connectivity index (χ0n) is 8.14.